The highest BCUT2D eigenvalue weighted by Crippen LogP contribution is 2.47. The van der Waals surface area contributed by atoms with Crippen LogP contribution in [0.5, 0.6) is 11.5 Å². The van der Waals surface area contributed by atoms with E-state index in [-0.39, 0.29) is 0 Å². The highest BCUT2D eigenvalue weighted by Gasteiger charge is 2.22. The van der Waals surface area contributed by atoms with Gasteiger partial charge in [0.25, 0.3) is 0 Å². The molecule has 6 heteroatoms. The van der Waals surface area contributed by atoms with E-state index in [9.17, 15) is 0 Å². The smallest absolute Gasteiger partial charge is 0.166 e. The Balaban J connectivity index is 1.72. The van der Waals surface area contributed by atoms with Crippen molar-refractivity contribution >= 4 is 43.1 Å². The lowest BCUT2D eigenvalue weighted by Gasteiger charge is -2.12. The van der Waals surface area contributed by atoms with Crippen LogP contribution in [0.25, 0.3) is 20.4 Å². The molecule has 0 atom stereocenters. The van der Waals surface area contributed by atoms with Crippen LogP contribution < -0.4 is 9.47 Å². The van der Waals surface area contributed by atoms with Crippen LogP contribution in [0.3, 0.4) is 0 Å². The number of hydrogen-bond acceptors (Lipinski definition) is 6. The molecule has 0 aliphatic heterocycles. The maximum atomic E-state index is 6.36. The van der Waals surface area contributed by atoms with Crippen molar-refractivity contribution in [2.75, 3.05) is 13.2 Å². The van der Waals surface area contributed by atoms with Crippen molar-refractivity contribution < 1.29 is 9.47 Å². The number of unbranched alkanes of at least 4 members (excludes halogenated alkanes) is 10. The van der Waals surface area contributed by atoms with Gasteiger partial charge in [-0.1, -0.05) is 78.1 Å². The number of benzene rings is 1. The second-order valence-electron chi connectivity index (χ2n) is 8.71. The molecule has 0 spiro atoms. The highest BCUT2D eigenvalue weighted by molar-refractivity contribution is 7.20. The Bertz CT molecular complexity index is 833. The third kappa shape index (κ3) is 6.80. The van der Waals surface area contributed by atoms with Gasteiger partial charge in [-0.3, -0.25) is 0 Å². The number of hydrogen-bond donors (Lipinski definition) is 0. The zero-order valence-corrected chi connectivity index (χ0v) is 22.1. The summed E-state index contributed by atoms with van der Waals surface area (Å²) in [4.78, 5) is 9.69. The maximum absolute atomic E-state index is 6.36. The van der Waals surface area contributed by atoms with Gasteiger partial charge in [-0.05, 0) is 26.7 Å². The normalized spacial score (nSPS) is 11.6. The van der Waals surface area contributed by atoms with Gasteiger partial charge in [-0.25, -0.2) is 9.97 Å². The van der Waals surface area contributed by atoms with E-state index >= 15 is 0 Å². The number of rotatable bonds is 16. The molecule has 2 aromatic heterocycles. The number of ether oxygens (including phenoxy) is 2. The van der Waals surface area contributed by atoms with Gasteiger partial charge < -0.3 is 9.47 Å². The average molecular weight is 477 g/mol. The Labute approximate surface area is 201 Å². The molecule has 0 radical (unpaired) electrons. The minimum atomic E-state index is 0.738. The lowest BCUT2D eigenvalue weighted by molar-refractivity contribution is 0.306. The molecule has 0 bridgehead atoms. The lowest BCUT2D eigenvalue weighted by atomic mass is 10.1. The molecule has 32 heavy (non-hydrogen) atoms. The summed E-state index contributed by atoms with van der Waals surface area (Å²) in [7, 11) is 0. The van der Waals surface area contributed by atoms with Crippen LogP contribution in [-0.4, -0.2) is 23.2 Å². The molecular weight excluding hydrogens is 436 g/mol. The quantitative estimate of drug-likeness (QED) is 0.193. The number of aromatic nitrogens is 2. The second kappa shape index (κ2) is 13.3. The van der Waals surface area contributed by atoms with Crippen LogP contribution >= 0.6 is 22.7 Å². The Morgan fingerprint density at radius 1 is 0.562 bits per heavy atom. The highest BCUT2D eigenvalue weighted by atomic mass is 32.1. The molecule has 0 saturated carbocycles. The molecular formula is C26H40N2O2S2. The average Bonchev–Trinajstić information content (AvgIpc) is 3.35. The van der Waals surface area contributed by atoms with Crippen LogP contribution in [0.2, 0.25) is 0 Å². The first kappa shape index (κ1) is 25.2. The van der Waals surface area contributed by atoms with Gasteiger partial charge >= 0.3 is 0 Å². The van der Waals surface area contributed by atoms with Crippen LogP contribution in [0.15, 0.2) is 0 Å². The summed E-state index contributed by atoms with van der Waals surface area (Å²) in [5.41, 5.74) is 1.90. The van der Waals surface area contributed by atoms with Crippen molar-refractivity contribution in [1.82, 2.24) is 9.97 Å². The Kier molecular flexibility index (Phi) is 10.5. The summed E-state index contributed by atoms with van der Waals surface area (Å²) in [6.07, 6.45) is 15.1. The number of nitrogens with zero attached hydrogens (tertiary/aromatic N) is 2. The zero-order valence-electron chi connectivity index (χ0n) is 20.4. The van der Waals surface area contributed by atoms with Gasteiger partial charge in [0.05, 0.1) is 23.2 Å². The summed E-state index contributed by atoms with van der Waals surface area (Å²) in [6.45, 7) is 10.1. The first-order valence-electron chi connectivity index (χ1n) is 12.6. The van der Waals surface area contributed by atoms with Crippen molar-refractivity contribution in [2.24, 2.45) is 0 Å². The van der Waals surface area contributed by atoms with E-state index in [1.54, 1.807) is 22.7 Å². The van der Waals surface area contributed by atoms with Crippen LogP contribution in [0.4, 0.5) is 0 Å². The fourth-order valence-electron chi connectivity index (χ4n) is 4.07. The van der Waals surface area contributed by atoms with E-state index in [4.69, 9.17) is 19.4 Å². The molecule has 0 aliphatic rings. The molecule has 3 rings (SSSR count). The van der Waals surface area contributed by atoms with Gasteiger partial charge in [-0.15, -0.1) is 22.7 Å². The van der Waals surface area contributed by atoms with E-state index in [0.717, 1.165) is 68.0 Å². The van der Waals surface area contributed by atoms with Crippen LogP contribution in [0.1, 0.15) is 101 Å². The molecule has 0 N–H and O–H groups in total. The van der Waals surface area contributed by atoms with Crippen molar-refractivity contribution in [3.63, 3.8) is 0 Å². The molecule has 0 amide bonds. The number of aryl methyl sites for hydroxylation is 2. The predicted octanol–water partition coefficient (Wildman–Crippen LogP) is 9.00. The van der Waals surface area contributed by atoms with Crippen molar-refractivity contribution in [1.29, 1.82) is 0 Å². The van der Waals surface area contributed by atoms with Crippen molar-refractivity contribution in [3.05, 3.63) is 10.0 Å². The van der Waals surface area contributed by atoms with Crippen molar-refractivity contribution in [3.8, 4) is 11.5 Å². The molecule has 0 fully saturated rings. The molecule has 0 saturated heterocycles. The van der Waals surface area contributed by atoms with E-state index in [1.807, 2.05) is 0 Å². The SMILES string of the molecule is CCCCCCCCOc1c2nc(C)sc2c(OCCCCCCCC)c2nc(C)sc12. The largest absolute Gasteiger partial charge is 0.490 e. The fraction of sp³-hybridized carbons (Fsp3) is 0.692. The van der Waals surface area contributed by atoms with E-state index in [1.165, 1.54) is 64.2 Å². The minimum absolute atomic E-state index is 0.738. The number of thiazole rings is 2. The third-order valence-corrected chi connectivity index (χ3v) is 7.74. The van der Waals surface area contributed by atoms with Gasteiger partial charge in [-0.2, -0.15) is 0 Å². The Morgan fingerprint density at radius 3 is 1.34 bits per heavy atom. The monoisotopic (exact) mass is 476 g/mol. The number of fused-ring (bicyclic) bond motifs is 2. The van der Waals surface area contributed by atoms with Crippen molar-refractivity contribution in [2.45, 2.75) is 105 Å². The Hall–Kier alpha value is -1.40. The molecule has 178 valence electrons. The zero-order chi connectivity index (χ0) is 22.8. The summed E-state index contributed by atoms with van der Waals surface area (Å²) in [5, 5.41) is 2.09. The van der Waals surface area contributed by atoms with Gasteiger partial charge in [0.1, 0.15) is 20.4 Å². The van der Waals surface area contributed by atoms with Gasteiger partial charge in [0.2, 0.25) is 0 Å². The molecule has 4 nitrogen and oxygen atoms in total. The molecule has 1 aromatic carbocycles. The molecule has 0 unspecified atom stereocenters. The fourth-order valence-corrected chi connectivity index (χ4v) is 5.90. The van der Waals surface area contributed by atoms with E-state index in [0.29, 0.717) is 0 Å². The summed E-state index contributed by atoms with van der Waals surface area (Å²) < 4.78 is 14.9. The topological polar surface area (TPSA) is 44.2 Å². The first-order valence-corrected chi connectivity index (χ1v) is 14.2. The molecule has 0 aliphatic carbocycles. The minimum Gasteiger partial charge on any atom is -0.490 e. The maximum Gasteiger partial charge on any atom is 0.166 e. The van der Waals surface area contributed by atoms with Crippen LogP contribution in [0, 0.1) is 13.8 Å². The van der Waals surface area contributed by atoms with Gasteiger partial charge in [0.15, 0.2) is 11.5 Å². The Morgan fingerprint density at radius 2 is 0.938 bits per heavy atom. The standard InChI is InChI=1S/C26H40N2O2S2/c1-5-7-9-11-13-15-17-29-23-21-26(32-19(3)27-21)24(22-25(23)31-20(4)28-22)30-18-16-14-12-10-8-6-2/h5-18H2,1-4H3. The lowest BCUT2D eigenvalue weighted by Crippen LogP contribution is -2.01. The van der Waals surface area contributed by atoms with E-state index in [2.05, 4.69) is 27.7 Å². The molecule has 3 aromatic rings. The van der Waals surface area contributed by atoms with Gasteiger partial charge in [0, 0.05) is 0 Å². The summed E-state index contributed by atoms with van der Waals surface area (Å²) in [5.74, 6) is 1.82. The summed E-state index contributed by atoms with van der Waals surface area (Å²) >= 11 is 3.39. The first-order chi connectivity index (χ1) is 15.7. The third-order valence-electron chi connectivity index (χ3n) is 5.80. The second-order valence-corrected chi connectivity index (χ2v) is 11.1. The molecule has 2 heterocycles. The van der Waals surface area contributed by atoms with E-state index < -0.39 is 0 Å². The predicted molar refractivity (Wildman–Crippen MR) is 140 cm³/mol. The van der Waals surface area contributed by atoms with Crippen LogP contribution in [-0.2, 0) is 0 Å². The summed E-state index contributed by atoms with van der Waals surface area (Å²) in [6, 6.07) is 0.